The monoisotopic (exact) mass is 937 g/mol. The van der Waals surface area contributed by atoms with Crippen molar-refractivity contribution >= 4 is 52.1 Å². The van der Waals surface area contributed by atoms with E-state index in [2.05, 4.69) is 10.6 Å². The second kappa shape index (κ2) is 24.5. The first-order valence-corrected chi connectivity index (χ1v) is 22.8. The van der Waals surface area contributed by atoms with Gasteiger partial charge in [0.1, 0.15) is 48.3 Å². The van der Waals surface area contributed by atoms with Crippen LogP contribution in [-0.4, -0.2) is 95.3 Å². The smallest absolute Gasteiger partial charge is 0.328 e. The molecule has 0 spiro atoms. The van der Waals surface area contributed by atoms with E-state index in [1.54, 1.807) is 84.9 Å². The number of benzene rings is 6. The number of pyridine rings is 1. The zero-order chi connectivity index (χ0) is 49.2. The molecule has 1 aromatic heterocycles. The number of aromatic nitrogens is 1. The number of carbonyl (C=O) groups is 3. The maximum atomic E-state index is 13.3. The van der Waals surface area contributed by atoms with Gasteiger partial charge in [-0.3, -0.25) is 9.59 Å². The van der Waals surface area contributed by atoms with E-state index >= 15 is 0 Å². The zero-order valence-corrected chi connectivity index (χ0v) is 39.5. The third-order valence-electron chi connectivity index (χ3n) is 11.5. The lowest BCUT2D eigenvalue weighted by atomic mass is 10.00. The van der Waals surface area contributed by atoms with Crippen LogP contribution in [0.15, 0.2) is 176 Å². The zero-order valence-electron chi connectivity index (χ0n) is 39.5. The van der Waals surface area contributed by atoms with Gasteiger partial charge >= 0.3 is 5.97 Å². The molecule has 7 rings (SSSR count). The molecule has 6 aromatic carbocycles. The van der Waals surface area contributed by atoms with E-state index in [0.717, 1.165) is 17.2 Å². The molecule has 0 aliphatic carbocycles. The standard InChI is InChI=1S/C57H55N5O8/c1-61(34-36-69-44-30-26-40(27-31-44)38-51(57(66)68-4)58-49-22-13-11-20-46(49)54(64)42-16-7-5-8-17-42)52-24-15-25-53(60-52)62(2)35-37-70-45-32-28-41(29-33-45)48(39-63)56(67-3)59-50-23-14-12-21-47(50)55(65)43-18-9-6-10-19-43/h5-33,51,56,58-59H,34-38H2,1-4H3. The Morgan fingerprint density at radius 3 is 1.51 bits per heavy atom. The van der Waals surface area contributed by atoms with Gasteiger partial charge in [0.2, 0.25) is 0 Å². The van der Waals surface area contributed by atoms with Gasteiger partial charge in [-0.25, -0.2) is 14.6 Å². The van der Waals surface area contributed by atoms with Crippen molar-refractivity contribution < 1.29 is 38.1 Å². The van der Waals surface area contributed by atoms with Gasteiger partial charge in [0.25, 0.3) is 0 Å². The minimum Gasteiger partial charge on any atom is -0.492 e. The highest BCUT2D eigenvalue weighted by atomic mass is 16.5. The Kier molecular flexibility index (Phi) is 17.3. The first-order valence-electron chi connectivity index (χ1n) is 22.8. The van der Waals surface area contributed by atoms with Crippen LogP contribution < -0.4 is 29.9 Å². The number of nitrogens with one attached hydrogen (secondary N) is 2. The summed E-state index contributed by atoms with van der Waals surface area (Å²) in [6.45, 7) is 1.90. The van der Waals surface area contributed by atoms with Crippen LogP contribution in [0.5, 0.6) is 11.5 Å². The summed E-state index contributed by atoms with van der Waals surface area (Å²) in [5.74, 6) is 4.15. The topological polar surface area (TPSA) is 149 Å². The number of hydrogen-bond acceptors (Lipinski definition) is 13. The fourth-order valence-corrected chi connectivity index (χ4v) is 7.64. The predicted molar refractivity (Wildman–Crippen MR) is 274 cm³/mol. The number of rotatable bonds is 24. The van der Waals surface area contributed by atoms with Crippen molar-refractivity contribution in [1.29, 1.82) is 0 Å². The van der Waals surface area contributed by atoms with Crippen LogP contribution in [0.25, 0.3) is 5.57 Å². The van der Waals surface area contributed by atoms with Crippen LogP contribution in [0.4, 0.5) is 23.0 Å². The molecule has 0 fully saturated rings. The molecule has 1 heterocycles. The van der Waals surface area contributed by atoms with Crippen LogP contribution >= 0.6 is 0 Å². The Bertz CT molecular complexity index is 2890. The molecule has 0 aliphatic rings. The second-order valence-corrected chi connectivity index (χ2v) is 16.2. The number of nitrogens with zero attached hydrogens (tertiary/aromatic N) is 3. The SMILES string of the molecule is COC(=O)C(Cc1ccc(OCCN(C)c2cccc(N(C)CCOc3ccc(C(=C=O)C(Nc4ccccc4C(=O)c4ccccc4)OC)cc3)n2)cc1)Nc1ccccc1C(=O)c1ccccc1. The summed E-state index contributed by atoms with van der Waals surface area (Å²) < 4.78 is 23.0. The summed E-state index contributed by atoms with van der Waals surface area (Å²) in [5, 5.41) is 6.47. The van der Waals surface area contributed by atoms with E-state index in [9.17, 15) is 19.2 Å². The number of esters is 1. The first kappa shape index (κ1) is 49.4. The molecule has 0 aliphatic heterocycles. The third kappa shape index (κ3) is 12.9. The molecule has 13 heteroatoms. The Morgan fingerprint density at radius 2 is 1.03 bits per heavy atom. The lowest BCUT2D eigenvalue weighted by Gasteiger charge is -2.23. The number of ketones is 2. The number of hydrogen-bond donors (Lipinski definition) is 2. The number of anilines is 4. The average molecular weight is 938 g/mol. The molecular weight excluding hydrogens is 883 g/mol. The summed E-state index contributed by atoms with van der Waals surface area (Å²) in [7, 11) is 6.74. The molecule has 2 N–H and O–H groups in total. The summed E-state index contributed by atoms with van der Waals surface area (Å²) in [6.07, 6.45) is -0.552. The van der Waals surface area contributed by atoms with Crippen molar-refractivity contribution in [3.8, 4) is 11.5 Å². The van der Waals surface area contributed by atoms with Gasteiger partial charge in [0.05, 0.1) is 25.8 Å². The van der Waals surface area contributed by atoms with Crippen molar-refractivity contribution in [3.63, 3.8) is 0 Å². The van der Waals surface area contributed by atoms with Crippen molar-refractivity contribution in [1.82, 2.24) is 4.98 Å². The van der Waals surface area contributed by atoms with E-state index in [0.29, 0.717) is 83.4 Å². The minimum atomic E-state index is -0.878. The second-order valence-electron chi connectivity index (χ2n) is 16.2. The lowest BCUT2D eigenvalue weighted by molar-refractivity contribution is -0.141. The number of ether oxygens (including phenoxy) is 4. The third-order valence-corrected chi connectivity index (χ3v) is 11.5. The van der Waals surface area contributed by atoms with E-state index < -0.39 is 18.2 Å². The number of likely N-dealkylation sites (N-methyl/N-ethyl adjacent to an activating group) is 2. The predicted octanol–water partition coefficient (Wildman–Crippen LogP) is 9.07. The Morgan fingerprint density at radius 1 is 0.557 bits per heavy atom. The normalized spacial score (nSPS) is 11.5. The Balaban J connectivity index is 0.869. The molecule has 13 nitrogen and oxygen atoms in total. The van der Waals surface area contributed by atoms with Gasteiger partial charge < -0.3 is 39.4 Å². The molecule has 356 valence electrons. The summed E-state index contributed by atoms with van der Waals surface area (Å²) in [4.78, 5) is 60.8. The molecule has 2 unspecified atom stereocenters. The number of para-hydroxylation sites is 2. The molecule has 0 radical (unpaired) electrons. The molecule has 0 bridgehead atoms. The van der Waals surface area contributed by atoms with E-state index in [1.165, 1.54) is 14.2 Å². The van der Waals surface area contributed by atoms with Crippen LogP contribution in [0.2, 0.25) is 0 Å². The molecule has 2 atom stereocenters. The van der Waals surface area contributed by atoms with Crippen LogP contribution in [0.3, 0.4) is 0 Å². The lowest BCUT2D eigenvalue weighted by Crippen LogP contribution is -2.33. The van der Waals surface area contributed by atoms with Crippen molar-refractivity contribution in [2.75, 3.05) is 75.1 Å². The molecule has 7 aromatic rings. The van der Waals surface area contributed by atoms with Crippen LogP contribution in [-0.2, 0) is 25.5 Å². The Labute approximate surface area is 408 Å². The van der Waals surface area contributed by atoms with Gasteiger partial charge in [-0.2, -0.15) is 0 Å². The van der Waals surface area contributed by atoms with Crippen molar-refractivity contribution in [2.45, 2.75) is 18.7 Å². The van der Waals surface area contributed by atoms with Crippen LogP contribution in [0, 0.1) is 0 Å². The van der Waals surface area contributed by atoms with E-state index in [-0.39, 0.29) is 17.1 Å². The van der Waals surface area contributed by atoms with E-state index in [1.807, 2.05) is 121 Å². The van der Waals surface area contributed by atoms with Gasteiger partial charge in [-0.15, -0.1) is 0 Å². The highest BCUT2D eigenvalue weighted by Gasteiger charge is 2.24. The summed E-state index contributed by atoms with van der Waals surface area (Å²) >= 11 is 0. The quantitative estimate of drug-likeness (QED) is 0.0257. The largest absolute Gasteiger partial charge is 0.492 e. The highest BCUT2D eigenvalue weighted by Crippen LogP contribution is 2.27. The fourth-order valence-electron chi connectivity index (χ4n) is 7.64. The maximum absolute atomic E-state index is 13.3. The maximum Gasteiger partial charge on any atom is 0.328 e. The number of carbonyl (C=O) groups excluding carboxylic acids is 4. The van der Waals surface area contributed by atoms with E-state index in [4.69, 9.17) is 23.9 Å². The molecule has 70 heavy (non-hydrogen) atoms. The Hall–Kier alpha value is -8.51. The number of methoxy groups -OCH3 is 2. The highest BCUT2D eigenvalue weighted by molar-refractivity contribution is 6.13. The van der Waals surface area contributed by atoms with Gasteiger partial charge in [0.15, 0.2) is 17.8 Å². The first-order chi connectivity index (χ1) is 34.1. The van der Waals surface area contributed by atoms with Gasteiger partial charge in [0, 0.05) is 61.3 Å². The molecule has 0 amide bonds. The van der Waals surface area contributed by atoms with Gasteiger partial charge in [-0.05, 0) is 71.8 Å². The van der Waals surface area contributed by atoms with Gasteiger partial charge in [-0.1, -0.05) is 115 Å². The van der Waals surface area contributed by atoms with Crippen LogP contribution in [0.1, 0.15) is 43.0 Å². The molecule has 0 saturated heterocycles. The average Bonchev–Trinajstić information content (AvgIpc) is 3.41. The minimum absolute atomic E-state index is 0.144. The van der Waals surface area contributed by atoms with Crippen molar-refractivity contribution in [3.05, 3.63) is 209 Å². The summed E-state index contributed by atoms with van der Waals surface area (Å²) in [6, 6.07) is 52.1. The molecule has 0 saturated carbocycles. The summed E-state index contributed by atoms with van der Waals surface area (Å²) in [5.41, 5.74) is 4.81. The fraction of sp³-hybridized carbons (Fsp3) is 0.193. The molecular formula is C57H55N5O8. The van der Waals surface area contributed by atoms with Crippen molar-refractivity contribution in [2.24, 2.45) is 0 Å².